The summed E-state index contributed by atoms with van der Waals surface area (Å²) in [6.45, 7) is 2.87. The molecule has 0 bridgehead atoms. The first-order chi connectivity index (χ1) is 11.9. The Morgan fingerprint density at radius 3 is 2.96 bits per heavy atom. The third-order valence-corrected chi connectivity index (χ3v) is 4.31. The molecular formula is C17H21FN4O3. The topological polar surface area (TPSA) is 82.7 Å². The predicted octanol–water partition coefficient (Wildman–Crippen LogP) is 1.62. The van der Waals surface area contributed by atoms with Gasteiger partial charge >= 0.3 is 0 Å². The first-order valence-corrected chi connectivity index (χ1v) is 8.13. The van der Waals surface area contributed by atoms with Crippen molar-refractivity contribution in [3.63, 3.8) is 0 Å². The summed E-state index contributed by atoms with van der Waals surface area (Å²) in [4.78, 5) is 23.8. The van der Waals surface area contributed by atoms with Crippen LogP contribution < -0.4 is 4.90 Å². The van der Waals surface area contributed by atoms with Gasteiger partial charge in [0.05, 0.1) is 18.3 Å². The maximum absolute atomic E-state index is 13.0. The number of piperidine rings is 1. The van der Waals surface area contributed by atoms with Crippen molar-refractivity contribution < 1.29 is 18.7 Å². The summed E-state index contributed by atoms with van der Waals surface area (Å²) in [6.07, 6.45) is 3.79. The third-order valence-electron chi connectivity index (χ3n) is 4.31. The molecule has 0 radical (unpaired) electrons. The van der Waals surface area contributed by atoms with Gasteiger partial charge in [0.25, 0.3) is 5.91 Å². The normalized spacial score (nSPS) is 20.6. The Morgan fingerprint density at radius 1 is 1.52 bits per heavy atom. The number of nitrogens with zero attached hydrogens (tertiary/aromatic N) is 4. The highest BCUT2D eigenvalue weighted by Gasteiger charge is 2.36. The fraction of sp³-hybridized carbons (Fsp3) is 0.471. The molecule has 0 aliphatic carbocycles. The lowest BCUT2D eigenvalue weighted by Gasteiger charge is -2.41. The van der Waals surface area contributed by atoms with E-state index >= 15 is 0 Å². The van der Waals surface area contributed by atoms with Gasteiger partial charge in [-0.1, -0.05) is 0 Å². The van der Waals surface area contributed by atoms with Gasteiger partial charge in [-0.3, -0.25) is 4.79 Å². The molecule has 0 unspecified atom stereocenters. The summed E-state index contributed by atoms with van der Waals surface area (Å²) >= 11 is 0. The largest absolute Gasteiger partial charge is 0.448 e. The van der Waals surface area contributed by atoms with E-state index in [9.17, 15) is 14.3 Å². The van der Waals surface area contributed by atoms with Crippen LogP contribution in [0.15, 0.2) is 29.0 Å². The number of pyridine rings is 1. The fourth-order valence-electron chi connectivity index (χ4n) is 3.16. The lowest BCUT2D eigenvalue weighted by atomic mass is 9.92. The Hall–Kier alpha value is -2.48. The molecule has 7 nitrogen and oxygen atoms in total. The predicted molar refractivity (Wildman–Crippen MR) is 88.8 cm³/mol. The number of carbonyl (C=O) groups is 1. The second kappa shape index (κ2) is 6.79. The standard InChI is InChI=1S/C17H21FN4O3/c1-12-20-14(9-25-12)16(23)21(2)10-17(24)6-3-7-22(11-17)15-5-4-13(18)8-19-15/h4-5,8-9,24H,3,6-7,10-11H2,1-2H3/t17-/m1/s1. The quantitative estimate of drug-likeness (QED) is 0.904. The molecular weight excluding hydrogens is 327 g/mol. The smallest absolute Gasteiger partial charge is 0.275 e. The lowest BCUT2D eigenvalue weighted by Crippen LogP contribution is -2.54. The van der Waals surface area contributed by atoms with Crippen LogP contribution in [0, 0.1) is 12.7 Å². The number of hydrogen-bond acceptors (Lipinski definition) is 6. The molecule has 1 amide bonds. The molecule has 3 heterocycles. The molecule has 1 fully saturated rings. The van der Waals surface area contributed by atoms with Crippen molar-refractivity contribution in [3.05, 3.63) is 42.0 Å². The van der Waals surface area contributed by atoms with Crippen LogP contribution in [0.2, 0.25) is 0 Å². The van der Waals surface area contributed by atoms with Gasteiger partial charge in [0.2, 0.25) is 0 Å². The molecule has 134 valence electrons. The van der Waals surface area contributed by atoms with Crippen molar-refractivity contribution in [2.75, 3.05) is 31.6 Å². The van der Waals surface area contributed by atoms with Crippen LogP contribution in [0.3, 0.4) is 0 Å². The molecule has 1 atom stereocenters. The number of aryl methyl sites for hydroxylation is 1. The third kappa shape index (κ3) is 3.96. The SMILES string of the molecule is Cc1nc(C(=O)N(C)C[C@]2(O)CCCN(c3ccc(F)cn3)C2)co1. The van der Waals surface area contributed by atoms with Crippen LogP contribution in [0.4, 0.5) is 10.2 Å². The van der Waals surface area contributed by atoms with Gasteiger partial charge in [-0.05, 0) is 25.0 Å². The van der Waals surface area contributed by atoms with Crippen molar-refractivity contribution in [1.82, 2.24) is 14.9 Å². The number of oxazole rings is 1. The minimum atomic E-state index is -1.07. The highest BCUT2D eigenvalue weighted by Crippen LogP contribution is 2.26. The summed E-state index contributed by atoms with van der Waals surface area (Å²) in [5.74, 6) is 0.328. The van der Waals surface area contributed by atoms with Crippen molar-refractivity contribution in [2.45, 2.75) is 25.4 Å². The van der Waals surface area contributed by atoms with Gasteiger partial charge in [0, 0.05) is 27.1 Å². The van der Waals surface area contributed by atoms with Gasteiger partial charge < -0.3 is 19.3 Å². The highest BCUT2D eigenvalue weighted by atomic mass is 19.1. The maximum atomic E-state index is 13.0. The maximum Gasteiger partial charge on any atom is 0.275 e. The number of likely N-dealkylation sites (N-methyl/N-ethyl adjacent to an activating group) is 1. The number of aromatic nitrogens is 2. The number of hydrogen-bond donors (Lipinski definition) is 1. The first kappa shape index (κ1) is 17.3. The Labute approximate surface area is 145 Å². The Kier molecular flexibility index (Phi) is 4.71. The molecule has 1 aliphatic heterocycles. The Morgan fingerprint density at radius 2 is 2.32 bits per heavy atom. The number of amides is 1. The number of anilines is 1. The van der Waals surface area contributed by atoms with E-state index in [1.54, 1.807) is 20.0 Å². The molecule has 8 heteroatoms. The van der Waals surface area contributed by atoms with Gasteiger partial charge in [0.15, 0.2) is 11.6 Å². The van der Waals surface area contributed by atoms with E-state index in [1.165, 1.54) is 17.2 Å². The summed E-state index contributed by atoms with van der Waals surface area (Å²) in [6, 6.07) is 2.94. The van der Waals surface area contributed by atoms with Crippen LogP contribution in [0.1, 0.15) is 29.2 Å². The van der Waals surface area contributed by atoms with Crippen molar-refractivity contribution >= 4 is 11.7 Å². The highest BCUT2D eigenvalue weighted by molar-refractivity contribution is 5.91. The van der Waals surface area contributed by atoms with E-state index in [1.807, 2.05) is 4.90 Å². The van der Waals surface area contributed by atoms with E-state index in [2.05, 4.69) is 9.97 Å². The van der Waals surface area contributed by atoms with E-state index in [0.29, 0.717) is 24.7 Å². The Bertz CT molecular complexity index is 749. The minimum Gasteiger partial charge on any atom is -0.448 e. The van der Waals surface area contributed by atoms with Crippen LogP contribution in [-0.2, 0) is 0 Å². The molecule has 0 aromatic carbocycles. The summed E-state index contributed by atoms with van der Waals surface area (Å²) in [7, 11) is 1.62. The number of aliphatic hydroxyl groups is 1. The molecule has 1 saturated heterocycles. The Balaban J connectivity index is 1.68. The summed E-state index contributed by atoms with van der Waals surface area (Å²) in [5.41, 5.74) is -0.853. The van der Waals surface area contributed by atoms with Crippen LogP contribution in [-0.4, -0.2) is 58.2 Å². The zero-order chi connectivity index (χ0) is 18.0. The van der Waals surface area contributed by atoms with Gasteiger partial charge in [-0.2, -0.15) is 0 Å². The van der Waals surface area contributed by atoms with Crippen LogP contribution in [0.5, 0.6) is 0 Å². The second-order valence-corrected chi connectivity index (χ2v) is 6.50. The molecule has 1 N–H and O–H groups in total. The van der Waals surface area contributed by atoms with E-state index in [0.717, 1.165) is 19.2 Å². The zero-order valence-corrected chi connectivity index (χ0v) is 14.3. The van der Waals surface area contributed by atoms with Crippen molar-refractivity contribution in [2.24, 2.45) is 0 Å². The first-order valence-electron chi connectivity index (χ1n) is 8.13. The summed E-state index contributed by atoms with van der Waals surface area (Å²) in [5, 5.41) is 10.9. The van der Waals surface area contributed by atoms with Gasteiger partial charge in [-0.25, -0.2) is 14.4 Å². The molecule has 1 aliphatic rings. The van der Waals surface area contributed by atoms with E-state index in [4.69, 9.17) is 4.42 Å². The zero-order valence-electron chi connectivity index (χ0n) is 14.3. The number of rotatable bonds is 4. The number of β-amino-alcohol motifs (C(OH)–C–C–N with tert-alkyl or cyclic N) is 1. The van der Waals surface area contributed by atoms with Crippen LogP contribution in [0.25, 0.3) is 0 Å². The van der Waals surface area contributed by atoms with Gasteiger partial charge in [0.1, 0.15) is 17.9 Å². The molecule has 3 rings (SSSR count). The molecule has 2 aromatic rings. The van der Waals surface area contributed by atoms with E-state index < -0.39 is 11.4 Å². The number of carbonyl (C=O) groups excluding carboxylic acids is 1. The average molecular weight is 348 g/mol. The molecule has 0 saturated carbocycles. The summed E-state index contributed by atoms with van der Waals surface area (Å²) < 4.78 is 18.1. The van der Waals surface area contributed by atoms with E-state index in [-0.39, 0.29) is 18.1 Å². The van der Waals surface area contributed by atoms with Gasteiger partial charge in [-0.15, -0.1) is 0 Å². The van der Waals surface area contributed by atoms with Crippen molar-refractivity contribution in [3.8, 4) is 0 Å². The molecule has 25 heavy (non-hydrogen) atoms. The molecule has 0 spiro atoms. The fourth-order valence-corrected chi connectivity index (χ4v) is 3.16. The second-order valence-electron chi connectivity index (χ2n) is 6.50. The monoisotopic (exact) mass is 348 g/mol. The average Bonchev–Trinajstić information content (AvgIpc) is 3.01. The van der Waals surface area contributed by atoms with Crippen molar-refractivity contribution in [1.29, 1.82) is 0 Å². The lowest BCUT2D eigenvalue weighted by molar-refractivity contribution is -0.000284. The molecule has 2 aromatic heterocycles. The van der Waals surface area contributed by atoms with Crippen LogP contribution >= 0.6 is 0 Å². The minimum absolute atomic E-state index is 0.162. The number of halogens is 1.